The molecule has 0 heterocycles. The maximum absolute atomic E-state index is 13.2. The van der Waals surface area contributed by atoms with Crippen molar-refractivity contribution in [1.82, 2.24) is 0 Å². The molecule has 94 valence electrons. The molecule has 1 N–H and O–H groups in total. The number of amides is 1. The van der Waals surface area contributed by atoms with E-state index in [4.69, 9.17) is 11.6 Å². The maximum atomic E-state index is 13.2. The van der Waals surface area contributed by atoms with Crippen LogP contribution in [0.15, 0.2) is 18.2 Å². The Kier molecular flexibility index (Phi) is 5.91. The van der Waals surface area contributed by atoms with Crippen molar-refractivity contribution in [2.75, 3.05) is 11.2 Å². The average Bonchev–Trinajstić information content (AvgIpc) is 2.28. The van der Waals surface area contributed by atoms with Crippen molar-refractivity contribution < 1.29 is 13.6 Å². The standard InChI is InChI=1S/C12H14ClF2NO/c13-7-3-1-2-4-12(17)16-11-6-5-9(14)8-10(11)15/h5-6,8H,1-4,7H2,(H,16,17). The summed E-state index contributed by atoms with van der Waals surface area (Å²) in [6, 6.07) is 3.05. The molecule has 0 fully saturated rings. The van der Waals surface area contributed by atoms with Gasteiger partial charge >= 0.3 is 0 Å². The van der Waals surface area contributed by atoms with Crippen LogP contribution in [-0.4, -0.2) is 11.8 Å². The molecule has 17 heavy (non-hydrogen) atoms. The number of hydrogen-bond donors (Lipinski definition) is 1. The number of carbonyl (C=O) groups excluding carboxylic acids is 1. The largest absolute Gasteiger partial charge is 0.324 e. The van der Waals surface area contributed by atoms with Gasteiger partial charge in [-0.05, 0) is 25.0 Å². The second-order valence-corrected chi connectivity index (χ2v) is 4.05. The zero-order valence-electron chi connectivity index (χ0n) is 9.31. The first kappa shape index (κ1) is 13.9. The van der Waals surface area contributed by atoms with Crippen molar-refractivity contribution in [3.8, 4) is 0 Å². The van der Waals surface area contributed by atoms with Gasteiger partial charge in [-0.1, -0.05) is 6.42 Å². The third-order valence-electron chi connectivity index (χ3n) is 2.24. The number of hydrogen-bond acceptors (Lipinski definition) is 1. The van der Waals surface area contributed by atoms with E-state index in [0.29, 0.717) is 18.7 Å². The molecule has 0 aliphatic heterocycles. The number of benzene rings is 1. The molecule has 1 rings (SSSR count). The van der Waals surface area contributed by atoms with Crippen LogP contribution in [-0.2, 0) is 4.79 Å². The number of alkyl halides is 1. The Morgan fingerprint density at radius 3 is 2.65 bits per heavy atom. The summed E-state index contributed by atoms with van der Waals surface area (Å²) in [5.41, 5.74) is 0.00810. The van der Waals surface area contributed by atoms with Crippen LogP contribution in [0.5, 0.6) is 0 Å². The Morgan fingerprint density at radius 2 is 2.00 bits per heavy atom. The minimum absolute atomic E-state index is 0.00810. The fourth-order valence-corrected chi connectivity index (χ4v) is 1.55. The zero-order chi connectivity index (χ0) is 12.7. The Bertz CT molecular complexity index is 385. The number of unbranched alkanes of at least 4 members (excludes halogenated alkanes) is 2. The lowest BCUT2D eigenvalue weighted by molar-refractivity contribution is -0.116. The smallest absolute Gasteiger partial charge is 0.224 e. The van der Waals surface area contributed by atoms with Crippen LogP contribution < -0.4 is 5.32 Å². The predicted molar refractivity (Wildman–Crippen MR) is 64.2 cm³/mol. The van der Waals surface area contributed by atoms with Crippen LogP contribution in [0.1, 0.15) is 25.7 Å². The second-order valence-electron chi connectivity index (χ2n) is 3.67. The Balaban J connectivity index is 2.40. The Morgan fingerprint density at radius 1 is 1.24 bits per heavy atom. The molecular formula is C12H14ClF2NO. The van der Waals surface area contributed by atoms with Crippen molar-refractivity contribution in [2.45, 2.75) is 25.7 Å². The number of halogens is 3. The molecule has 0 spiro atoms. The van der Waals surface area contributed by atoms with E-state index in [-0.39, 0.29) is 11.6 Å². The highest BCUT2D eigenvalue weighted by atomic mass is 35.5. The van der Waals surface area contributed by atoms with Crippen molar-refractivity contribution in [3.05, 3.63) is 29.8 Å². The predicted octanol–water partition coefficient (Wildman–Crippen LogP) is 3.70. The van der Waals surface area contributed by atoms with Crippen molar-refractivity contribution in [2.24, 2.45) is 0 Å². The molecule has 0 atom stereocenters. The molecule has 0 unspecified atom stereocenters. The number of nitrogens with one attached hydrogen (secondary N) is 1. The number of anilines is 1. The topological polar surface area (TPSA) is 29.1 Å². The highest BCUT2D eigenvalue weighted by Gasteiger charge is 2.07. The van der Waals surface area contributed by atoms with E-state index in [1.807, 2.05) is 0 Å². The van der Waals surface area contributed by atoms with Crippen LogP contribution in [0.25, 0.3) is 0 Å². The van der Waals surface area contributed by atoms with Crippen LogP contribution in [0.2, 0.25) is 0 Å². The lowest BCUT2D eigenvalue weighted by Gasteiger charge is -2.06. The molecule has 0 saturated carbocycles. The maximum Gasteiger partial charge on any atom is 0.224 e. The molecule has 0 aliphatic carbocycles. The van der Waals surface area contributed by atoms with Crippen molar-refractivity contribution in [3.63, 3.8) is 0 Å². The summed E-state index contributed by atoms with van der Waals surface area (Å²) in [5.74, 6) is -1.12. The zero-order valence-corrected chi connectivity index (χ0v) is 10.1. The summed E-state index contributed by atoms with van der Waals surface area (Å²) in [4.78, 5) is 11.4. The average molecular weight is 262 g/mol. The summed E-state index contributed by atoms with van der Waals surface area (Å²) in [6.07, 6.45) is 2.75. The van der Waals surface area contributed by atoms with E-state index in [1.54, 1.807) is 0 Å². The van der Waals surface area contributed by atoms with Crippen molar-refractivity contribution >= 4 is 23.2 Å². The van der Waals surface area contributed by atoms with Gasteiger partial charge in [0.1, 0.15) is 11.6 Å². The van der Waals surface area contributed by atoms with Gasteiger partial charge in [0.05, 0.1) is 5.69 Å². The van der Waals surface area contributed by atoms with E-state index in [0.717, 1.165) is 25.0 Å². The van der Waals surface area contributed by atoms with E-state index in [9.17, 15) is 13.6 Å². The van der Waals surface area contributed by atoms with E-state index < -0.39 is 11.6 Å². The van der Waals surface area contributed by atoms with E-state index >= 15 is 0 Å². The summed E-state index contributed by atoms with van der Waals surface area (Å²) < 4.78 is 25.8. The monoisotopic (exact) mass is 261 g/mol. The molecule has 0 radical (unpaired) electrons. The summed E-state index contributed by atoms with van der Waals surface area (Å²) >= 11 is 5.50. The Labute approximate surface area is 104 Å². The van der Waals surface area contributed by atoms with Gasteiger partial charge in [-0.25, -0.2) is 8.78 Å². The SMILES string of the molecule is O=C(CCCCCCl)Nc1ccc(F)cc1F. The summed E-state index contributed by atoms with van der Waals surface area (Å²) in [5, 5.41) is 2.40. The molecule has 0 bridgehead atoms. The summed E-state index contributed by atoms with van der Waals surface area (Å²) in [7, 11) is 0. The van der Waals surface area contributed by atoms with Gasteiger partial charge in [0.2, 0.25) is 5.91 Å². The molecular weight excluding hydrogens is 248 g/mol. The minimum Gasteiger partial charge on any atom is -0.324 e. The molecule has 2 nitrogen and oxygen atoms in total. The molecule has 1 aromatic carbocycles. The van der Waals surface area contributed by atoms with Gasteiger partial charge in [-0.3, -0.25) is 4.79 Å². The molecule has 0 aromatic heterocycles. The van der Waals surface area contributed by atoms with Gasteiger partial charge in [0, 0.05) is 18.4 Å². The molecule has 0 saturated heterocycles. The van der Waals surface area contributed by atoms with Gasteiger partial charge in [0.25, 0.3) is 0 Å². The van der Waals surface area contributed by atoms with Gasteiger partial charge in [-0.15, -0.1) is 11.6 Å². The van der Waals surface area contributed by atoms with Crippen LogP contribution in [0.4, 0.5) is 14.5 Å². The van der Waals surface area contributed by atoms with Crippen molar-refractivity contribution in [1.29, 1.82) is 0 Å². The van der Waals surface area contributed by atoms with E-state index in [2.05, 4.69) is 5.32 Å². The van der Waals surface area contributed by atoms with Gasteiger partial charge in [-0.2, -0.15) is 0 Å². The number of carbonyl (C=O) groups is 1. The lowest BCUT2D eigenvalue weighted by Crippen LogP contribution is -2.12. The fraction of sp³-hybridized carbons (Fsp3) is 0.417. The third-order valence-corrected chi connectivity index (χ3v) is 2.51. The molecule has 1 amide bonds. The second kappa shape index (κ2) is 7.22. The van der Waals surface area contributed by atoms with Gasteiger partial charge < -0.3 is 5.32 Å². The third kappa shape index (κ3) is 5.13. The lowest BCUT2D eigenvalue weighted by atomic mass is 10.2. The highest BCUT2D eigenvalue weighted by Crippen LogP contribution is 2.15. The normalized spacial score (nSPS) is 10.3. The first-order chi connectivity index (χ1) is 8.13. The Hall–Kier alpha value is -1.16. The highest BCUT2D eigenvalue weighted by molar-refractivity contribution is 6.17. The van der Waals surface area contributed by atoms with Crippen LogP contribution >= 0.6 is 11.6 Å². The van der Waals surface area contributed by atoms with Crippen LogP contribution in [0.3, 0.4) is 0 Å². The minimum atomic E-state index is -0.765. The first-order valence-corrected chi connectivity index (χ1v) is 5.98. The first-order valence-electron chi connectivity index (χ1n) is 5.44. The quantitative estimate of drug-likeness (QED) is 0.614. The molecule has 1 aromatic rings. The van der Waals surface area contributed by atoms with Gasteiger partial charge in [0.15, 0.2) is 0 Å². The van der Waals surface area contributed by atoms with E-state index in [1.165, 1.54) is 6.07 Å². The fourth-order valence-electron chi connectivity index (χ4n) is 1.36. The number of rotatable bonds is 6. The molecule has 0 aliphatic rings. The molecule has 5 heteroatoms. The van der Waals surface area contributed by atoms with Crippen LogP contribution in [0, 0.1) is 11.6 Å². The summed E-state index contributed by atoms with van der Waals surface area (Å²) in [6.45, 7) is 0.